The second kappa shape index (κ2) is 8.99. The van der Waals surface area contributed by atoms with Gasteiger partial charge in [0.05, 0.1) is 0 Å². The van der Waals surface area contributed by atoms with Gasteiger partial charge in [-0.1, -0.05) is 129 Å². The van der Waals surface area contributed by atoms with Crippen LogP contribution in [0.3, 0.4) is 0 Å². The highest BCUT2D eigenvalue weighted by atomic mass is 79.9. The van der Waals surface area contributed by atoms with Crippen LogP contribution in [0.4, 0.5) is 0 Å². The molecule has 0 spiro atoms. The normalized spacial score (nSPS) is 13.2. The Morgan fingerprint density at radius 3 is 1.30 bits per heavy atom. The third-order valence-corrected chi connectivity index (χ3v) is 9.10. The lowest BCUT2D eigenvalue weighted by molar-refractivity contribution is -0.108. The van der Waals surface area contributed by atoms with E-state index in [2.05, 4.69) is 129 Å². The Morgan fingerprint density at radius 2 is 0.825 bits per heavy atom. The number of benzene rings is 7. The summed E-state index contributed by atoms with van der Waals surface area (Å²) in [4.78, 5) is 15.0. The molecule has 1 nitrogen and oxygen atoms in total. The van der Waals surface area contributed by atoms with Crippen molar-refractivity contribution in [1.29, 1.82) is 0 Å². The van der Waals surface area contributed by atoms with Crippen molar-refractivity contribution in [3.05, 3.63) is 152 Å². The number of ketones is 1. The first-order valence-corrected chi connectivity index (χ1v) is 14.8. The van der Waals surface area contributed by atoms with Gasteiger partial charge in [0.2, 0.25) is 0 Å². The summed E-state index contributed by atoms with van der Waals surface area (Å²) in [6, 6.07) is 42.0. The van der Waals surface area contributed by atoms with Crippen molar-refractivity contribution in [3.63, 3.8) is 0 Å². The van der Waals surface area contributed by atoms with Crippen LogP contribution in [0.5, 0.6) is 0 Å². The summed E-state index contributed by atoms with van der Waals surface area (Å²) >= 11 is 7.46. The molecular weight excluding hydrogens is 620 g/mol. The molecule has 0 aromatic heterocycles. The smallest absolute Gasteiger partial charge is 0.195 e. The minimum absolute atomic E-state index is 0.0662. The van der Waals surface area contributed by atoms with Gasteiger partial charge in [0.15, 0.2) is 5.78 Å². The first-order chi connectivity index (χ1) is 19.6. The number of hydrogen-bond acceptors (Lipinski definition) is 1. The average Bonchev–Trinajstić information content (AvgIpc) is 3.29. The van der Waals surface area contributed by atoms with Crippen molar-refractivity contribution in [2.24, 2.45) is 0 Å². The highest BCUT2D eigenvalue weighted by molar-refractivity contribution is 9.10. The summed E-state index contributed by atoms with van der Waals surface area (Å²) in [5.74, 6) is 0.0662. The number of halogens is 2. The molecule has 188 valence electrons. The molecule has 0 N–H and O–H groups in total. The molecule has 1 aliphatic carbocycles. The molecule has 0 amide bonds. The van der Waals surface area contributed by atoms with Crippen molar-refractivity contribution in [1.82, 2.24) is 0 Å². The molecule has 7 aromatic rings. The van der Waals surface area contributed by atoms with Crippen LogP contribution >= 0.6 is 31.9 Å². The minimum atomic E-state index is 0.0662. The number of carbonyl (C=O) groups is 1. The van der Waals surface area contributed by atoms with E-state index in [9.17, 15) is 0 Å². The zero-order valence-corrected chi connectivity index (χ0v) is 24.4. The number of rotatable bonds is 2. The van der Waals surface area contributed by atoms with Gasteiger partial charge in [-0.2, -0.15) is 0 Å². The maximum absolute atomic E-state index is 15.0. The minimum Gasteiger partial charge on any atom is -0.289 e. The molecule has 1 aliphatic rings. The first-order valence-electron chi connectivity index (χ1n) is 13.2. The van der Waals surface area contributed by atoms with Crippen LogP contribution in [0.1, 0.15) is 11.1 Å². The lowest BCUT2D eigenvalue weighted by Crippen LogP contribution is -2.27. The molecule has 0 bridgehead atoms. The molecule has 8 rings (SSSR count). The molecular formula is C37H20Br2O. The van der Waals surface area contributed by atoms with E-state index >= 15 is 4.79 Å². The van der Waals surface area contributed by atoms with E-state index in [0.717, 1.165) is 84.7 Å². The summed E-state index contributed by atoms with van der Waals surface area (Å²) in [5, 5.41) is 10.8. The van der Waals surface area contributed by atoms with Gasteiger partial charge in [0.25, 0.3) is 0 Å². The van der Waals surface area contributed by atoms with E-state index in [4.69, 9.17) is 0 Å². The quantitative estimate of drug-likeness (QED) is 0.173. The third-order valence-electron chi connectivity index (χ3n) is 8.11. The summed E-state index contributed by atoms with van der Waals surface area (Å²) in [6.07, 6.45) is 0. The zero-order valence-electron chi connectivity index (χ0n) is 21.2. The Kier molecular flexibility index (Phi) is 5.35. The topological polar surface area (TPSA) is 17.1 Å². The summed E-state index contributed by atoms with van der Waals surface area (Å²) in [5.41, 5.74) is 3.46. The van der Waals surface area contributed by atoms with Crippen molar-refractivity contribution in [3.8, 4) is 0 Å². The Bertz CT molecular complexity index is 2190. The third kappa shape index (κ3) is 3.41. The lowest BCUT2D eigenvalue weighted by Gasteiger charge is -2.11. The van der Waals surface area contributed by atoms with Crippen LogP contribution in [-0.2, 0) is 4.79 Å². The molecule has 3 heteroatoms. The van der Waals surface area contributed by atoms with Crippen molar-refractivity contribution in [2.45, 2.75) is 0 Å². The van der Waals surface area contributed by atoms with Gasteiger partial charge in [-0.15, -0.1) is 0 Å². The second-order valence-electron chi connectivity index (χ2n) is 10.3. The fourth-order valence-corrected chi connectivity index (χ4v) is 7.18. The number of Topliss-reactive ketones (excluding diaryl/α,β-unsaturated/α-hetero) is 1. The predicted octanol–water partition coefficient (Wildman–Crippen LogP) is 8.81. The van der Waals surface area contributed by atoms with Gasteiger partial charge >= 0.3 is 0 Å². The largest absolute Gasteiger partial charge is 0.289 e. The summed E-state index contributed by atoms with van der Waals surface area (Å²) in [6.45, 7) is 0. The molecule has 40 heavy (non-hydrogen) atoms. The van der Waals surface area contributed by atoms with Gasteiger partial charge in [0, 0.05) is 30.5 Å². The van der Waals surface area contributed by atoms with Gasteiger partial charge in [-0.25, -0.2) is 0 Å². The van der Waals surface area contributed by atoms with E-state index in [1.165, 1.54) is 0 Å². The Morgan fingerprint density at radius 1 is 0.400 bits per heavy atom. The van der Waals surface area contributed by atoms with Crippen LogP contribution in [0.15, 0.2) is 130 Å². The van der Waals surface area contributed by atoms with E-state index in [1.54, 1.807) is 0 Å². The Hall–Kier alpha value is -4.05. The zero-order chi connectivity index (χ0) is 27.0. The molecule has 7 aromatic carbocycles. The van der Waals surface area contributed by atoms with Crippen LogP contribution in [0.2, 0.25) is 0 Å². The van der Waals surface area contributed by atoms with Gasteiger partial charge in [0.1, 0.15) is 0 Å². The maximum atomic E-state index is 15.0. The summed E-state index contributed by atoms with van der Waals surface area (Å²) < 4.78 is 1.98. The monoisotopic (exact) mass is 638 g/mol. The van der Waals surface area contributed by atoms with Gasteiger partial charge < -0.3 is 0 Å². The molecule has 0 fully saturated rings. The van der Waals surface area contributed by atoms with Crippen LogP contribution in [0.25, 0.3) is 54.2 Å². The van der Waals surface area contributed by atoms with E-state index in [1.807, 2.05) is 24.3 Å². The van der Waals surface area contributed by atoms with E-state index in [0.29, 0.717) is 0 Å². The first kappa shape index (κ1) is 23.8. The lowest BCUT2D eigenvalue weighted by atomic mass is 9.91. The molecule has 0 unspecified atom stereocenters. The molecule has 0 atom stereocenters. The fraction of sp³-hybridized carbons (Fsp3) is 0. The van der Waals surface area contributed by atoms with Crippen molar-refractivity contribution >= 4 is 91.9 Å². The number of hydrogen-bond donors (Lipinski definition) is 0. The molecule has 0 aliphatic heterocycles. The molecule has 0 saturated heterocycles. The van der Waals surface area contributed by atoms with E-state index < -0.39 is 0 Å². The molecule has 0 saturated carbocycles. The van der Waals surface area contributed by atoms with Crippen molar-refractivity contribution in [2.75, 3.05) is 0 Å². The number of fused-ring (bicyclic) bond motifs is 8. The molecule has 0 radical (unpaired) electrons. The highest BCUT2D eigenvalue weighted by Crippen LogP contribution is 2.35. The van der Waals surface area contributed by atoms with Crippen LogP contribution in [0, 0.1) is 0 Å². The fourth-order valence-electron chi connectivity index (χ4n) is 6.46. The Balaban J connectivity index is 1.71. The van der Waals surface area contributed by atoms with Crippen LogP contribution in [-0.4, -0.2) is 5.78 Å². The second-order valence-corrected chi connectivity index (χ2v) is 12.1. The maximum Gasteiger partial charge on any atom is 0.195 e. The van der Waals surface area contributed by atoms with Crippen LogP contribution < -0.4 is 10.4 Å². The molecule has 0 heterocycles. The Labute approximate surface area is 247 Å². The van der Waals surface area contributed by atoms with Gasteiger partial charge in [-0.05, 0) is 78.5 Å². The average molecular weight is 640 g/mol. The van der Waals surface area contributed by atoms with Gasteiger partial charge in [-0.3, -0.25) is 4.79 Å². The highest BCUT2D eigenvalue weighted by Gasteiger charge is 2.30. The number of carbonyl (C=O) groups excluding carboxylic acids is 1. The standard InChI is InChI=1S/C37H20Br2O/c38-23-15-17-27-28-18-16-24(39)20-32(28)34-33(31(27)19-23)35(29-13-5-9-21-7-1-3-11-25(21)29)37(40)36(34)30-14-6-10-22-8-2-4-12-26(22)30/h1-20H. The SMILES string of the molecule is O=C1C(c2cccc3ccccc23)=c2c(c3cc(Br)ccc3c3ccc(Br)cc23)=C1c1cccc2ccccc12. The van der Waals surface area contributed by atoms with Crippen molar-refractivity contribution < 1.29 is 4.79 Å². The predicted molar refractivity (Wildman–Crippen MR) is 174 cm³/mol. The summed E-state index contributed by atoms with van der Waals surface area (Å²) in [7, 11) is 0. The van der Waals surface area contributed by atoms with E-state index in [-0.39, 0.29) is 5.78 Å².